The molecule has 4 heteroatoms. The van der Waals surface area contributed by atoms with E-state index in [1.807, 2.05) is 45.1 Å². The van der Waals surface area contributed by atoms with Crippen molar-refractivity contribution in [1.82, 2.24) is 4.98 Å². The predicted octanol–water partition coefficient (Wildman–Crippen LogP) is 7.47. The van der Waals surface area contributed by atoms with Gasteiger partial charge in [0.1, 0.15) is 0 Å². The van der Waals surface area contributed by atoms with E-state index >= 15 is 0 Å². The van der Waals surface area contributed by atoms with Gasteiger partial charge in [-0.05, 0) is 67.7 Å². The van der Waals surface area contributed by atoms with E-state index in [4.69, 9.17) is 4.74 Å². The number of hydrogen-bond donors (Lipinski definition) is 0. The summed E-state index contributed by atoms with van der Waals surface area (Å²) in [5.41, 5.74) is 5.83. The molecule has 0 radical (unpaired) electrons. The van der Waals surface area contributed by atoms with Crippen LogP contribution in [0.2, 0.25) is 0 Å². The first-order chi connectivity index (χ1) is 14.4. The summed E-state index contributed by atoms with van der Waals surface area (Å²) in [6, 6.07) is 4.57. The Hall–Kier alpha value is -3.01. The van der Waals surface area contributed by atoms with Crippen LogP contribution in [0.3, 0.4) is 0 Å². The summed E-state index contributed by atoms with van der Waals surface area (Å²) in [6.07, 6.45) is 11.4. The first-order valence-electron chi connectivity index (χ1n) is 10.0. The molecule has 2 aromatic rings. The Bertz CT molecular complexity index is 993. The molecular formula is C26H29F2NO. The SMILES string of the molecule is C=CC(/C=C\C)=C(C)/C=C(\C)c1cc(CCC)cnc1-c1cc(F)c(OC)c(F)c1. The van der Waals surface area contributed by atoms with Crippen molar-refractivity contribution < 1.29 is 13.5 Å². The second-order valence-corrected chi connectivity index (χ2v) is 7.13. The summed E-state index contributed by atoms with van der Waals surface area (Å²) in [5, 5.41) is 0. The maximum Gasteiger partial charge on any atom is 0.190 e. The number of ether oxygens (including phenoxy) is 1. The van der Waals surface area contributed by atoms with E-state index in [0.717, 1.165) is 40.7 Å². The van der Waals surface area contributed by atoms with Gasteiger partial charge in [0.2, 0.25) is 0 Å². The Morgan fingerprint density at radius 2 is 1.83 bits per heavy atom. The summed E-state index contributed by atoms with van der Waals surface area (Å²) in [4.78, 5) is 4.57. The van der Waals surface area contributed by atoms with E-state index in [1.165, 1.54) is 19.2 Å². The van der Waals surface area contributed by atoms with E-state index in [9.17, 15) is 8.78 Å². The molecule has 0 aliphatic carbocycles. The third-order valence-corrected chi connectivity index (χ3v) is 4.84. The Kier molecular flexibility index (Phi) is 8.28. The number of halogens is 2. The van der Waals surface area contributed by atoms with Crippen molar-refractivity contribution in [3.05, 3.63) is 89.2 Å². The molecule has 1 aromatic carbocycles. The van der Waals surface area contributed by atoms with Crippen LogP contribution in [0.15, 0.2) is 66.4 Å². The van der Waals surface area contributed by atoms with Crippen molar-refractivity contribution >= 4 is 5.57 Å². The van der Waals surface area contributed by atoms with Gasteiger partial charge in [0.15, 0.2) is 17.4 Å². The number of aromatic nitrogens is 1. The fourth-order valence-electron chi connectivity index (χ4n) is 3.38. The standard InChI is InChI=1S/C26H29F2NO/c1-7-10-19-13-22(18(5)12-17(4)20(9-3)11-8-2)25(29-16-19)21-14-23(27)26(30-6)24(28)15-21/h8-9,11-16H,3,7,10H2,1-2,4-6H3/b11-8-,18-12+,20-17-. The smallest absolute Gasteiger partial charge is 0.190 e. The van der Waals surface area contributed by atoms with E-state index in [1.54, 1.807) is 12.3 Å². The van der Waals surface area contributed by atoms with Crippen LogP contribution in [-0.2, 0) is 6.42 Å². The Labute approximate surface area is 178 Å². The number of methoxy groups -OCH3 is 1. The molecule has 0 aliphatic rings. The van der Waals surface area contributed by atoms with Crippen LogP contribution >= 0.6 is 0 Å². The van der Waals surface area contributed by atoms with Crippen LogP contribution in [0.5, 0.6) is 5.75 Å². The minimum atomic E-state index is -0.752. The fourth-order valence-corrected chi connectivity index (χ4v) is 3.38. The number of rotatable bonds is 8. The molecule has 0 N–H and O–H groups in total. The molecule has 0 saturated carbocycles. The van der Waals surface area contributed by atoms with Gasteiger partial charge in [0, 0.05) is 17.3 Å². The average Bonchev–Trinajstić information content (AvgIpc) is 2.71. The normalized spacial score (nSPS) is 12.8. The van der Waals surface area contributed by atoms with E-state index in [0.29, 0.717) is 11.3 Å². The Morgan fingerprint density at radius 3 is 2.37 bits per heavy atom. The lowest BCUT2D eigenvalue weighted by atomic mass is 9.95. The van der Waals surface area contributed by atoms with Gasteiger partial charge in [-0.3, -0.25) is 4.98 Å². The third kappa shape index (κ3) is 5.32. The molecule has 0 bridgehead atoms. The van der Waals surface area contributed by atoms with E-state index in [-0.39, 0.29) is 0 Å². The lowest BCUT2D eigenvalue weighted by Crippen LogP contribution is -1.99. The fraction of sp³-hybridized carbons (Fsp3) is 0.269. The van der Waals surface area contributed by atoms with Crippen LogP contribution in [-0.4, -0.2) is 12.1 Å². The first kappa shape index (κ1) is 23.3. The quantitative estimate of drug-likeness (QED) is 0.422. The number of nitrogens with zero attached hydrogens (tertiary/aromatic N) is 1. The number of hydrogen-bond acceptors (Lipinski definition) is 2. The summed E-state index contributed by atoms with van der Waals surface area (Å²) in [6.45, 7) is 11.9. The molecular weight excluding hydrogens is 380 g/mol. The average molecular weight is 410 g/mol. The van der Waals surface area contributed by atoms with Crippen LogP contribution in [0.4, 0.5) is 8.78 Å². The molecule has 0 spiro atoms. The molecule has 0 saturated heterocycles. The highest BCUT2D eigenvalue weighted by molar-refractivity contribution is 5.80. The predicted molar refractivity (Wildman–Crippen MR) is 121 cm³/mol. The molecule has 0 fully saturated rings. The van der Waals surface area contributed by atoms with Crippen LogP contribution in [0.25, 0.3) is 16.8 Å². The maximum atomic E-state index is 14.3. The Balaban J connectivity index is 2.70. The molecule has 0 unspecified atom stereocenters. The third-order valence-electron chi connectivity index (χ3n) is 4.84. The van der Waals surface area contributed by atoms with Gasteiger partial charge < -0.3 is 4.74 Å². The summed E-state index contributed by atoms with van der Waals surface area (Å²) >= 11 is 0. The lowest BCUT2D eigenvalue weighted by Gasteiger charge is -2.14. The number of pyridine rings is 1. The molecule has 1 heterocycles. The molecule has 158 valence electrons. The molecule has 2 rings (SSSR count). The zero-order valence-electron chi connectivity index (χ0n) is 18.4. The van der Waals surface area contributed by atoms with Crippen LogP contribution in [0.1, 0.15) is 45.2 Å². The number of aryl methyl sites for hydroxylation is 1. The molecule has 0 atom stereocenters. The highest BCUT2D eigenvalue weighted by Crippen LogP contribution is 2.33. The molecule has 30 heavy (non-hydrogen) atoms. The minimum Gasteiger partial charge on any atom is -0.491 e. The van der Waals surface area contributed by atoms with Crippen LogP contribution in [0, 0.1) is 11.6 Å². The number of allylic oxidation sites excluding steroid dienone is 7. The van der Waals surface area contributed by atoms with Gasteiger partial charge in [0.05, 0.1) is 12.8 Å². The highest BCUT2D eigenvalue weighted by atomic mass is 19.1. The molecule has 0 amide bonds. The van der Waals surface area contributed by atoms with Gasteiger partial charge in [-0.2, -0.15) is 0 Å². The van der Waals surface area contributed by atoms with Crippen molar-refractivity contribution in [2.45, 2.75) is 40.5 Å². The van der Waals surface area contributed by atoms with Crippen LogP contribution < -0.4 is 4.74 Å². The van der Waals surface area contributed by atoms with Crippen molar-refractivity contribution in [1.29, 1.82) is 0 Å². The van der Waals surface area contributed by atoms with E-state index in [2.05, 4.69) is 18.5 Å². The van der Waals surface area contributed by atoms with Gasteiger partial charge in [-0.25, -0.2) is 8.78 Å². The molecule has 0 aliphatic heterocycles. The second kappa shape index (κ2) is 10.7. The summed E-state index contributed by atoms with van der Waals surface area (Å²) < 4.78 is 33.5. The molecule has 1 aromatic heterocycles. The van der Waals surface area contributed by atoms with Gasteiger partial charge in [0.25, 0.3) is 0 Å². The first-order valence-corrected chi connectivity index (χ1v) is 10.0. The zero-order chi connectivity index (χ0) is 22.3. The van der Waals surface area contributed by atoms with E-state index < -0.39 is 17.4 Å². The van der Waals surface area contributed by atoms with Crippen molar-refractivity contribution in [2.24, 2.45) is 0 Å². The lowest BCUT2D eigenvalue weighted by molar-refractivity contribution is 0.360. The van der Waals surface area contributed by atoms with Crippen molar-refractivity contribution in [2.75, 3.05) is 7.11 Å². The highest BCUT2D eigenvalue weighted by Gasteiger charge is 2.17. The second-order valence-electron chi connectivity index (χ2n) is 7.13. The molecule has 2 nitrogen and oxygen atoms in total. The number of benzene rings is 1. The summed E-state index contributed by atoms with van der Waals surface area (Å²) in [5.74, 6) is -1.90. The van der Waals surface area contributed by atoms with Gasteiger partial charge in [-0.15, -0.1) is 0 Å². The van der Waals surface area contributed by atoms with Gasteiger partial charge >= 0.3 is 0 Å². The largest absolute Gasteiger partial charge is 0.491 e. The minimum absolute atomic E-state index is 0.371. The van der Waals surface area contributed by atoms with Crippen molar-refractivity contribution in [3.63, 3.8) is 0 Å². The monoisotopic (exact) mass is 409 g/mol. The maximum absolute atomic E-state index is 14.3. The topological polar surface area (TPSA) is 22.1 Å². The summed E-state index contributed by atoms with van der Waals surface area (Å²) in [7, 11) is 1.24. The zero-order valence-corrected chi connectivity index (χ0v) is 18.4. The Morgan fingerprint density at radius 1 is 1.17 bits per heavy atom. The van der Waals surface area contributed by atoms with Crippen molar-refractivity contribution in [3.8, 4) is 17.0 Å². The van der Waals surface area contributed by atoms with Gasteiger partial charge in [-0.1, -0.05) is 44.2 Å².